The van der Waals surface area contributed by atoms with E-state index in [1.807, 2.05) is 13.8 Å². The predicted octanol–water partition coefficient (Wildman–Crippen LogP) is 2.48. The van der Waals surface area contributed by atoms with Crippen LogP contribution in [-0.2, 0) is 14.8 Å². The number of thiocarbonyl (C=S) groups is 1. The first-order valence-corrected chi connectivity index (χ1v) is 11.6. The maximum atomic E-state index is 12.7. The van der Waals surface area contributed by atoms with E-state index in [9.17, 15) is 8.42 Å². The largest absolute Gasteiger partial charge is 0.382 e. The fourth-order valence-electron chi connectivity index (χ4n) is 2.88. The van der Waals surface area contributed by atoms with Crippen LogP contribution in [0.3, 0.4) is 0 Å². The molecule has 0 bridgehead atoms. The molecule has 1 heterocycles. The van der Waals surface area contributed by atoms with E-state index in [1.165, 1.54) is 0 Å². The first-order valence-electron chi connectivity index (χ1n) is 9.71. The van der Waals surface area contributed by atoms with E-state index in [1.54, 1.807) is 28.6 Å². The van der Waals surface area contributed by atoms with Crippen molar-refractivity contribution in [2.75, 3.05) is 32.8 Å². The SMILES string of the molecule is CCOCCCNC(=S)N/N=C(/C)c1ccc(S(=O)(=O)N2CCCCC2)cc1. The second-order valence-electron chi connectivity index (χ2n) is 6.60. The van der Waals surface area contributed by atoms with Crippen LogP contribution in [0.2, 0.25) is 0 Å². The van der Waals surface area contributed by atoms with Crippen LogP contribution in [0.15, 0.2) is 34.3 Å². The molecule has 7 nitrogen and oxygen atoms in total. The summed E-state index contributed by atoms with van der Waals surface area (Å²) in [7, 11) is -3.41. The van der Waals surface area contributed by atoms with E-state index < -0.39 is 10.0 Å². The van der Waals surface area contributed by atoms with Gasteiger partial charge in [0.1, 0.15) is 0 Å². The molecule has 0 radical (unpaired) electrons. The Morgan fingerprint density at radius 2 is 1.89 bits per heavy atom. The lowest BCUT2D eigenvalue weighted by Gasteiger charge is -2.25. The lowest BCUT2D eigenvalue weighted by molar-refractivity contribution is 0.145. The fourth-order valence-corrected chi connectivity index (χ4v) is 4.55. The molecule has 0 saturated carbocycles. The van der Waals surface area contributed by atoms with E-state index in [-0.39, 0.29) is 0 Å². The standard InChI is InChI=1S/C19H30N4O3S2/c1-3-26-15-7-12-20-19(27)22-21-16(2)17-8-10-18(11-9-17)28(24,25)23-13-5-4-6-14-23/h8-11H,3-7,12-15H2,1-2H3,(H2,20,22,27)/b21-16-. The van der Waals surface area contributed by atoms with Crippen LogP contribution in [-0.4, -0.2) is 56.4 Å². The third kappa shape index (κ3) is 6.80. The summed E-state index contributed by atoms with van der Waals surface area (Å²) in [5, 5.41) is 7.77. The second kappa shape index (κ2) is 11.5. The average molecular weight is 427 g/mol. The highest BCUT2D eigenvalue weighted by molar-refractivity contribution is 7.89. The molecule has 0 aliphatic carbocycles. The number of piperidine rings is 1. The first-order chi connectivity index (χ1) is 13.4. The molecule has 1 aliphatic rings. The Labute approximate surface area is 173 Å². The Kier molecular flexibility index (Phi) is 9.30. The molecule has 0 amide bonds. The van der Waals surface area contributed by atoms with Gasteiger partial charge >= 0.3 is 0 Å². The number of hydrogen-bond donors (Lipinski definition) is 2. The summed E-state index contributed by atoms with van der Waals surface area (Å²) < 4.78 is 32.2. The van der Waals surface area contributed by atoms with Crippen molar-refractivity contribution in [3.05, 3.63) is 29.8 Å². The molecule has 1 aromatic carbocycles. The van der Waals surface area contributed by atoms with Crippen molar-refractivity contribution >= 4 is 33.1 Å². The molecule has 1 aromatic rings. The van der Waals surface area contributed by atoms with Crippen LogP contribution in [0.1, 0.15) is 45.1 Å². The van der Waals surface area contributed by atoms with E-state index >= 15 is 0 Å². The minimum Gasteiger partial charge on any atom is -0.382 e. The fraction of sp³-hybridized carbons (Fsp3) is 0.579. The second-order valence-corrected chi connectivity index (χ2v) is 8.95. The van der Waals surface area contributed by atoms with Gasteiger partial charge in [0.05, 0.1) is 10.6 Å². The van der Waals surface area contributed by atoms with Gasteiger partial charge in [-0.25, -0.2) is 8.42 Å². The summed E-state index contributed by atoms with van der Waals surface area (Å²) in [6.45, 7) is 7.13. The summed E-state index contributed by atoms with van der Waals surface area (Å²) in [4.78, 5) is 0.324. The maximum Gasteiger partial charge on any atom is 0.243 e. The molecule has 2 rings (SSSR count). The van der Waals surface area contributed by atoms with Crippen molar-refractivity contribution in [2.45, 2.75) is 44.4 Å². The van der Waals surface area contributed by atoms with Crippen molar-refractivity contribution in [1.29, 1.82) is 0 Å². The molecule has 1 saturated heterocycles. The van der Waals surface area contributed by atoms with Crippen molar-refractivity contribution in [2.24, 2.45) is 5.10 Å². The van der Waals surface area contributed by atoms with Gasteiger partial charge in [-0.05, 0) is 63.0 Å². The third-order valence-corrected chi connectivity index (χ3v) is 6.65. The number of hydrogen-bond acceptors (Lipinski definition) is 5. The van der Waals surface area contributed by atoms with Crippen molar-refractivity contribution in [3.8, 4) is 0 Å². The number of nitrogens with one attached hydrogen (secondary N) is 2. The summed E-state index contributed by atoms with van der Waals surface area (Å²) >= 11 is 5.19. The molecular weight excluding hydrogens is 396 g/mol. The number of benzene rings is 1. The number of hydrazone groups is 1. The highest BCUT2D eigenvalue weighted by atomic mass is 32.2. The van der Waals surface area contributed by atoms with E-state index in [2.05, 4.69) is 15.8 Å². The third-order valence-electron chi connectivity index (χ3n) is 4.51. The van der Waals surface area contributed by atoms with Crippen LogP contribution in [0.4, 0.5) is 0 Å². The van der Waals surface area contributed by atoms with Gasteiger partial charge in [0, 0.05) is 32.8 Å². The molecule has 1 aliphatic heterocycles. The number of ether oxygens (including phenoxy) is 1. The van der Waals surface area contributed by atoms with E-state index in [0.29, 0.717) is 42.9 Å². The van der Waals surface area contributed by atoms with Gasteiger partial charge in [0.2, 0.25) is 10.0 Å². The summed E-state index contributed by atoms with van der Waals surface area (Å²) in [5.41, 5.74) is 4.37. The van der Waals surface area contributed by atoms with Crippen LogP contribution >= 0.6 is 12.2 Å². The number of nitrogens with zero attached hydrogens (tertiary/aromatic N) is 2. The quantitative estimate of drug-likeness (QED) is 0.273. The smallest absolute Gasteiger partial charge is 0.243 e. The van der Waals surface area contributed by atoms with Crippen molar-refractivity contribution < 1.29 is 13.2 Å². The van der Waals surface area contributed by atoms with Crippen LogP contribution in [0, 0.1) is 0 Å². The van der Waals surface area contributed by atoms with Gasteiger partial charge in [0.15, 0.2) is 5.11 Å². The normalized spacial score (nSPS) is 16.0. The van der Waals surface area contributed by atoms with Crippen LogP contribution in [0.25, 0.3) is 0 Å². The molecule has 28 heavy (non-hydrogen) atoms. The minimum absolute atomic E-state index is 0.324. The van der Waals surface area contributed by atoms with E-state index in [0.717, 1.165) is 37.0 Å². The highest BCUT2D eigenvalue weighted by Crippen LogP contribution is 2.21. The zero-order chi connectivity index (χ0) is 20.4. The highest BCUT2D eigenvalue weighted by Gasteiger charge is 2.25. The van der Waals surface area contributed by atoms with Gasteiger partial charge in [-0.1, -0.05) is 18.6 Å². The summed E-state index contributed by atoms with van der Waals surface area (Å²) in [5.74, 6) is 0. The molecule has 0 spiro atoms. The molecule has 9 heteroatoms. The molecular formula is C19H30N4O3S2. The molecule has 0 unspecified atom stereocenters. The van der Waals surface area contributed by atoms with Crippen LogP contribution < -0.4 is 10.7 Å². The molecule has 1 fully saturated rings. The maximum absolute atomic E-state index is 12.7. The molecule has 0 atom stereocenters. The first kappa shape index (κ1) is 22.7. The lowest BCUT2D eigenvalue weighted by Crippen LogP contribution is -2.35. The zero-order valence-corrected chi connectivity index (χ0v) is 18.2. The zero-order valence-electron chi connectivity index (χ0n) is 16.6. The Balaban J connectivity index is 1.89. The van der Waals surface area contributed by atoms with Gasteiger partial charge in [-0.15, -0.1) is 0 Å². The lowest BCUT2D eigenvalue weighted by atomic mass is 10.1. The molecule has 0 aromatic heterocycles. The number of rotatable bonds is 9. The Morgan fingerprint density at radius 1 is 1.21 bits per heavy atom. The number of sulfonamides is 1. The Bertz CT molecular complexity index is 758. The Morgan fingerprint density at radius 3 is 2.54 bits per heavy atom. The molecule has 156 valence electrons. The van der Waals surface area contributed by atoms with Crippen molar-refractivity contribution in [3.63, 3.8) is 0 Å². The van der Waals surface area contributed by atoms with Gasteiger partial charge < -0.3 is 10.1 Å². The molecule has 2 N–H and O–H groups in total. The predicted molar refractivity (Wildman–Crippen MR) is 116 cm³/mol. The van der Waals surface area contributed by atoms with E-state index in [4.69, 9.17) is 17.0 Å². The average Bonchev–Trinajstić information content (AvgIpc) is 2.72. The topological polar surface area (TPSA) is 83.0 Å². The Hall–Kier alpha value is -1.55. The van der Waals surface area contributed by atoms with Gasteiger partial charge in [0.25, 0.3) is 0 Å². The summed E-state index contributed by atoms with van der Waals surface area (Å²) in [6, 6.07) is 6.83. The van der Waals surface area contributed by atoms with Gasteiger partial charge in [-0.3, -0.25) is 5.43 Å². The minimum atomic E-state index is -3.41. The summed E-state index contributed by atoms with van der Waals surface area (Å²) in [6.07, 6.45) is 3.81. The van der Waals surface area contributed by atoms with Gasteiger partial charge in [-0.2, -0.15) is 9.41 Å². The van der Waals surface area contributed by atoms with Crippen LogP contribution in [0.5, 0.6) is 0 Å². The van der Waals surface area contributed by atoms with Crippen molar-refractivity contribution in [1.82, 2.24) is 15.0 Å². The monoisotopic (exact) mass is 426 g/mol.